The van der Waals surface area contributed by atoms with Crippen molar-refractivity contribution in [2.24, 2.45) is 0 Å². The lowest BCUT2D eigenvalue weighted by Crippen LogP contribution is -2.28. The van der Waals surface area contributed by atoms with Gasteiger partial charge in [-0.2, -0.15) is 9.97 Å². The quantitative estimate of drug-likeness (QED) is 0.201. The fraction of sp³-hybridized carbons (Fsp3) is 0.140. The summed E-state index contributed by atoms with van der Waals surface area (Å²) >= 11 is 0. The van der Waals surface area contributed by atoms with Crippen LogP contribution in [0, 0.1) is 0 Å². The van der Waals surface area contributed by atoms with E-state index in [0.717, 1.165) is 29.5 Å². The second-order valence-electron chi connectivity index (χ2n) is 13.1. The minimum atomic E-state index is -0.0594. The topological polar surface area (TPSA) is 43.6 Å². The van der Waals surface area contributed by atoms with Gasteiger partial charge >= 0.3 is 0 Å². The monoisotopic (exact) mass is 604 g/mol. The van der Waals surface area contributed by atoms with Gasteiger partial charge in [0.15, 0.2) is 11.6 Å². The van der Waals surface area contributed by atoms with Crippen molar-refractivity contribution < 1.29 is 0 Å². The Morgan fingerprint density at radius 2 is 1.09 bits per heavy atom. The average Bonchev–Trinajstić information content (AvgIpc) is 3.63. The van der Waals surface area contributed by atoms with Gasteiger partial charge < -0.3 is 0 Å². The number of benzene rings is 6. The van der Waals surface area contributed by atoms with E-state index in [1.54, 1.807) is 0 Å². The molecule has 1 saturated carbocycles. The Labute approximate surface area is 273 Å². The molecule has 47 heavy (non-hydrogen) atoms. The molecule has 2 aromatic heterocycles. The van der Waals surface area contributed by atoms with Gasteiger partial charge in [-0.25, -0.2) is 4.98 Å². The molecule has 4 nitrogen and oxygen atoms in total. The van der Waals surface area contributed by atoms with Gasteiger partial charge in [0, 0.05) is 27.3 Å². The minimum absolute atomic E-state index is 0.0594. The Hall–Kier alpha value is -5.61. The van der Waals surface area contributed by atoms with E-state index < -0.39 is 0 Å². The number of nitrogens with zero attached hydrogens (tertiary/aromatic N) is 4. The summed E-state index contributed by atoms with van der Waals surface area (Å²) in [4.78, 5) is 15.6. The predicted molar refractivity (Wildman–Crippen MR) is 192 cm³/mol. The van der Waals surface area contributed by atoms with E-state index in [2.05, 4.69) is 102 Å². The summed E-state index contributed by atoms with van der Waals surface area (Å²) in [7, 11) is 0. The van der Waals surface area contributed by atoms with E-state index in [1.165, 1.54) is 68.6 Å². The maximum atomic E-state index is 5.30. The van der Waals surface area contributed by atoms with Crippen molar-refractivity contribution in [1.29, 1.82) is 0 Å². The van der Waals surface area contributed by atoms with E-state index in [9.17, 15) is 0 Å². The fourth-order valence-electron chi connectivity index (χ4n) is 8.70. The van der Waals surface area contributed by atoms with E-state index in [-0.39, 0.29) is 5.41 Å². The van der Waals surface area contributed by atoms with Crippen molar-refractivity contribution in [2.45, 2.75) is 37.5 Å². The summed E-state index contributed by atoms with van der Waals surface area (Å²) in [5.41, 5.74) is 9.94. The minimum Gasteiger partial charge on any atom is -0.277 e. The number of hydrogen-bond acceptors (Lipinski definition) is 3. The molecule has 0 atom stereocenters. The SMILES string of the molecule is c1ccc(-c2nc(-c3ccccc3)nc(-n3c4ccccc4c4c5ccccc5c5c(c43)C3(CCCCC3)c3ccccc3-5)n2)cc1. The first kappa shape index (κ1) is 26.6. The summed E-state index contributed by atoms with van der Waals surface area (Å²) in [5, 5.41) is 5.12. The summed E-state index contributed by atoms with van der Waals surface area (Å²) in [6.45, 7) is 0. The van der Waals surface area contributed by atoms with Crippen LogP contribution < -0.4 is 0 Å². The normalized spacial score (nSPS) is 15.0. The molecule has 4 heteroatoms. The Kier molecular flexibility index (Phi) is 5.77. The Morgan fingerprint density at radius 3 is 1.79 bits per heavy atom. The van der Waals surface area contributed by atoms with Crippen LogP contribution in [0.3, 0.4) is 0 Å². The zero-order valence-electron chi connectivity index (χ0n) is 26.0. The third-order valence-corrected chi connectivity index (χ3v) is 10.6. The highest BCUT2D eigenvalue weighted by Gasteiger charge is 2.47. The van der Waals surface area contributed by atoms with Crippen LogP contribution in [0.1, 0.15) is 43.2 Å². The van der Waals surface area contributed by atoms with E-state index in [0.29, 0.717) is 17.6 Å². The summed E-state index contributed by atoms with van der Waals surface area (Å²) in [6, 6.07) is 47.6. The molecule has 8 aromatic rings. The zero-order chi connectivity index (χ0) is 31.0. The highest BCUT2D eigenvalue weighted by atomic mass is 15.2. The van der Waals surface area contributed by atoms with Crippen molar-refractivity contribution in [1.82, 2.24) is 19.5 Å². The van der Waals surface area contributed by atoms with Gasteiger partial charge in [-0.05, 0) is 51.9 Å². The van der Waals surface area contributed by atoms with Crippen molar-refractivity contribution in [3.63, 3.8) is 0 Å². The largest absolute Gasteiger partial charge is 0.277 e. The highest BCUT2D eigenvalue weighted by molar-refractivity contribution is 6.26. The highest BCUT2D eigenvalue weighted by Crippen LogP contribution is 2.60. The standard InChI is InChI=1S/C43H32N4/c1-4-16-28(17-5-1)40-44-41(29-18-6-2-7-19-29)46-42(45-40)47-35-25-13-11-23-33(35)37-31-21-9-8-20-30(31)36-32-22-10-12-24-34(32)43(38(36)39(37)47)26-14-3-15-27-43/h1-2,4-13,16-25H,3,14-15,26-27H2. The maximum absolute atomic E-state index is 5.30. The lowest BCUT2D eigenvalue weighted by molar-refractivity contribution is 0.354. The molecule has 0 saturated heterocycles. The molecule has 10 rings (SSSR count). The van der Waals surface area contributed by atoms with Crippen molar-refractivity contribution >= 4 is 32.6 Å². The van der Waals surface area contributed by atoms with Crippen molar-refractivity contribution in [3.05, 3.63) is 145 Å². The van der Waals surface area contributed by atoms with Gasteiger partial charge in [0.2, 0.25) is 5.95 Å². The Morgan fingerprint density at radius 1 is 0.511 bits per heavy atom. The second-order valence-corrected chi connectivity index (χ2v) is 13.1. The summed E-state index contributed by atoms with van der Waals surface area (Å²) in [6.07, 6.45) is 6.03. The molecule has 0 N–H and O–H groups in total. The molecule has 2 aliphatic carbocycles. The number of fused-ring (bicyclic) bond motifs is 12. The molecule has 2 heterocycles. The molecular formula is C43H32N4. The molecule has 0 bridgehead atoms. The first-order chi connectivity index (χ1) is 23.3. The van der Waals surface area contributed by atoms with Gasteiger partial charge in [-0.3, -0.25) is 4.57 Å². The Bertz CT molecular complexity index is 2430. The number of hydrogen-bond donors (Lipinski definition) is 0. The number of para-hydroxylation sites is 1. The van der Waals surface area contributed by atoms with Crippen molar-refractivity contribution in [3.8, 4) is 39.9 Å². The predicted octanol–water partition coefficient (Wildman–Crippen LogP) is 10.7. The van der Waals surface area contributed by atoms with Gasteiger partial charge in [-0.15, -0.1) is 0 Å². The van der Waals surface area contributed by atoms with Crippen LogP contribution in [0.25, 0.3) is 72.4 Å². The molecule has 0 radical (unpaired) electrons. The second kappa shape index (κ2) is 10.2. The number of aromatic nitrogens is 4. The summed E-state index contributed by atoms with van der Waals surface area (Å²) in [5.74, 6) is 2.00. The van der Waals surface area contributed by atoms with E-state index in [4.69, 9.17) is 15.0 Å². The van der Waals surface area contributed by atoms with Crippen LogP contribution in [0.15, 0.2) is 133 Å². The molecule has 0 aliphatic heterocycles. The zero-order valence-corrected chi connectivity index (χ0v) is 26.0. The van der Waals surface area contributed by atoms with Gasteiger partial charge in [0.05, 0.1) is 11.0 Å². The van der Waals surface area contributed by atoms with Gasteiger partial charge in [0.1, 0.15) is 0 Å². The average molecular weight is 605 g/mol. The molecule has 6 aromatic carbocycles. The van der Waals surface area contributed by atoms with Gasteiger partial charge in [0.25, 0.3) is 0 Å². The Balaban J connectivity index is 1.41. The first-order valence-corrected chi connectivity index (χ1v) is 16.8. The first-order valence-electron chi connectivity index (χ1n) is 16.8. The van der Waals surface area contributed by atoms with E-state index >= 15 is 0 Å². The van der Waals surface area contributed by atoms with Crippen LogP contribution >= 0.6 is 0 Å². The maximum Gasteiger partial charge on any atom is 0.238 e. The molecular weight excluding hydrogens is 573 g/mol. The van der Waals surface area contributed by atoms with Crippen LogP contribution in [0.4, 0.5) is 0 Å². The fourth-order valence-corrected chi connectivity index (χ4v) is 8.70. The molecule has 224 valence electrons. The number of rotatable bonds is 3. The lowest BCUT2D eigenvalue weighted by Gasteiger charge is -2.36. The van der Waals surface area contributed by atoms with Crippen LogP contribution in [0.5, 0.6) is 0 Å². The van der Waals surface area contributed by atoms with Gasteiger partial charge in [-0.1, -0.05) is 147 Å². The summed E-state index contributed by atoms with van der Waals surface area (Å²) < 4.78 is 2.37. The molecule has 1 fully saturated rings. The van der Waals surface area contributed by atoms with E-state index in [1.807, 2.05) is 36.4 Å². The lowest BCUT2D eigenvalue weighted by atomic mass is 9.67. The van der Waals surface area contributed by atoms with Crippen molar-refractivity contribution in [2.75, 3.05) is 0 Å². The molecule has 1 spiro atoms. The van der Waals surface area contributed by atoms with Crippen LogP contribution in [-0.2, 0) is 5.41 Å². The molecule has 0 amide bonds. The van der Waals surface area contributed by atoms with Crippen LogP contribution in [-0.4, -0.2) is 19.5 Å². The third kappa shape index (κ3) is 3.79. The smallest absolute Gasteiger partial charge is 0.238 e. The molecule has 0 unspecified atom stereocenters. The van der Waals surface area contributed by atoms with Crippen LogP contribution in [0.2, 0.25) is 0 Å². The third-order valence-electron chi connectivity index (χ3n) is 10.6. The molecule has 2 aliphatic rings.